The average molecular weight is 299 g/mol. The summed E-state index contributed by atoms with van der Waals surface area (Å²) in [5.74, 6) is -1.95. The van der Waals surface area contributed by atoms with Crippen LogP contribution in [0, 0.1) is 0 Å². The summed E-state index contributed by atoms with van der Waals surface area (Å²) >= 11 is 0. The maximum absolute atomic E-state index is 11.8. The standard InChI is InChI=1S/C16H13NO5/c18-11-6-7-12(16(21)22)13(9-11)17-15(20)8-5-10-3-1-2-4-14(10)19/h1-9,18-19H,(H,17,20)(H,21,22). The topological polar surface area (TPSA) is 107 Å². The number of carbonyl (C=O) groups excluding carboxylic acids is 1. The second-order valence-electron chi connectivity index (χ2n) is 4.42. The third-order valence-corrected chi connectivity index (χ3v) is 2.84. The third kappa shape index (κ3) is 3.63. The number of carbonyl (C=O) groups is 2. The van der Waals surface area contributed by atoms with Crippen molar-refractivity contribution >= 4 is 23.6 Å². The van der Waals surface area contributed by atoms with Crippen LogP contribution in [0.1, 0.15) is 15.9 Å². The van der Waals surface area contributed by atoms with Gasteiger partial charge in [-0.2, -0.15) is 0 Å². The minimum Gasteiger partial charge on any atom is -0.508 e. The van der Waals surface area contributed by atoms with E-state index in [0.717, 1.165) is 12.1 Å². The maximum Gasteiger partial charge on any atom is 0.337 e. The third-order valence-electron chi connectivity index (χ3n) is 2.84. The molecule has 0 aliphatic heterocycles. The van der Waals surface area contributed by atoms with Crippen LogP contribution in [0.4, 0.5) is 5.69 Å². The summed E-state index contributed by atoms with van der Waals surface area (Å²) in [5, 5.41) is 30.4. The molecule has 0 saturated carbocycles. The van der Waals surface area contributed by atoms with Gasteiger partial charge in [-0.25, -0.2) is 4.79 Å². The molecular weight excluding hydrogens is 286 g/mol. The summed E-state index contributed by atoms with van der Waals surface area (Å²) in [5.41, 5.74) is 0.300. The number of anilines is 1. The normalized spacial score (nSPS) is 10.5. The molecule has 0 bridgehead atoms. The highest BCUT2D eigenvalue weighted by atomic mass is 16.4. The summed E-state index contributed by atoms with van der Waals surface area (Å²) in [6, 6.07) is 10.0. The predicted octanol–water partition coefficient (Wildman–Crippen LogP) is 2.45. The molecule has 1 amide bonds. The van der Waals surface area contributed by atoms with E-state index in [1.54, 1.807) is 18.2 Å². The SMILES string of the molecule is O=C(C=Cc1ccccc1O)Nc1cc(O)ccc1C(=O)O. The first-order valence-electron chi connectivity index (χ1n) is 6.31. The molecule has 112 valence electrons. The van der Waals surface area contributed by atoms with Gasteiger partial charge in [-0.05, 0) is 24.3 Å². The lowest BCUT2D eigenvalue weighted by molar-refractivity contribution is -0.111. The van der Waals surface area contributed by atoms with Crippen LogP contribution in [0.15, 0.2) is 48.5 Å². The summed E-state index contributed by atoms with van der Waals surface area (Å²) in [4.78, 5) is 22.9. The smallest absolute Gasteiger partial charge is 0.337 e. The number of carboxylic acid groups (broad SMARTS) is 1. The van der Waals surface area contributed by atoms with E-state index < -0.39 is 11.9 Å². The van der Waals surface area contributed by atoms with E-state index in [1.165, 1.54) is 24.3 Å². The number of phenolic OH excluding ortho intramolecular Hbond substituents is 2. The Morgan fingerprint density at radius 2 is 1.77 bits per heavy atom. The number of para-hydroxylation sites is 1. The van der Waals surface area contributed by atoms with E-state index in [4.69, 9.17) is 5.11 Å². The van der Waals surface area contributed by atoms with Gasteiger partial charge in [0.25, 0.3) is 0 Å². The maximum atomic E-state index is 11.8. The van der Waals surface area contributed by atoms with Crippen molar-refractivity contribution < 1.29 is 24.9 Å². The predicted molar refractivity (Wildman–Crippen MR) is 80.8 cm³/mol. The fourth-order valence-electron chi connectivity index (χ4n) is 1.79. The molecule has 0 radical (unpaired) electrons. The number of carboxylic acids is 1. The number of aromatic carboxylic acids is 1. The van der Waals surface area contributed by atoms with E-state index >= 15 is 0 Å². The Labute approximate surface area is 126 Å². The largest absolute Gasteiger partial charge is 0.508 e. The first-order chi connectivity index (χ1) is 10.5. The van der Waals surface area contributed by atoms with Crippen molar-refractivity contribution in [2.24, 2.45) is 0 Å². The fourth-order valence-corrected chi connectivity index (χ4v) is 1.79. The molecule has 6 nitrogen and oxygen atoms in total. The van der Waals surface area contributed by atoms with Crippen molar-refractivity contribution in [3.8, 4) is 11.5 Å². The Morgan fingerprint density at radius 3 is 2.45 bits per heavy atom. The molecule has 4 N–H and O–H groups in total. The van der Waals surface area contributed by atoms with E-state index in [2.05, 4.69) is 5.32 Å². The van der Waals surface area contributed by atoms with Gasteiger partial charge in [0.05, 0.1) is 11.3 Å². The fraction of sp³-hybridized carbons (Fsp3) is 0. The first-order valence-corrected chi connectivity index (χ1v) is 6.31. The number of aromatic hydroxyl groups is 2. The van der Waals surface area contributed by atoms with Crippen molar-refractivity contribution in [2.75, 3.05) is 5.32 Å². The van der Waals surface area contributed by atoms with E-state index in [1.807, 2.05) is 0 Å². The van der Waals surface area contributed by atoms with Gasteiger partial charge < -0.3 is 20.6 Å². The number of rotatable bonds is 4. The molecule has 2 rings (SSSR count). The zero-order chi connectivity index (χ0) is 16.1. The van der Waals surface area contributed by atoms with Gasteiger partial charge in [-0.1, -0.05) is 18.2 Å². The first kappa shape index (κ1) is 15.1. The molecule has 0 atom stereocenters. The van der Waals surface area contributed by atoms with Gasteiger partial charge in [0.15, 0.2) is 0 Å². The highest BCUT2D eigenvalue weighted by molar-refractivity contribution is 6.06. The lowest BCUT2D eigenvalue weighted by Gasteiger charge is -2.07. The Kier molecular flexibility index (Phi) is 4.43. The molecule has 0 unspecified atom stereocenters. The van der Waals surface area contributed by atoms with E-state index in [9.17, 15) is 19.8 Å². The van der Waals surface area contributed by atoms with Gasteiger partial charge in [-0.3, -0.25) is 4.79 Å². The molecular formula is C16H13NO5. The Balaban J connectivity index is 2.18. The molecule has 2 aromatic rings. The summed E-state index contributed by atoms with van der Waals surface area (Å²) in [7, 11) is 0. The van der Waals surface area contributed by atoms with Crippen molar-refractivity contribution in [1.82, 2.24) is 0 Å². The molecule has 6 heteroatoms. The van der Waals surface area contributed by atoms with Crippen LogP contribution in [0.3, 0.4) is 0 Å². The molecule has 0 saturated heterocycles. The second kappa shape index (κ2) is 6.45. The number of nitrogens with one attached hydrogen (secondary N) is 1. The second-order valence-corrected chi connectivity index (χ2v) is 4.42. The molecule has 0 aliphatic rings. The van der Waals surface area contributed by atoms with Crippen molar-refractivity contribution in [2.45, 2.75) is 0 Å². The lowest BCUT2D eigenvalue weighted by Crippen LogP contribution is -2.11. The highest BCUT2D eigenvalue weighted by Gasteiger charge is 2.12. The molecule has 22 heavy (non-hydrogen) atoms. The Bertz CT molecular complexity index is 752. The minimum absolute atomic E-state index is 0.0144. The molecule has 0 heterocycles. The van der Waals surface area contributed by atoms with Crippen LogP contribution < -0.4 is 5.32 Å². The number of amides is 1. The average Bonchev–Trinajstić information content (AvgIpc) is 2.46. The van der Waals surface area contributed by atoms with Gasteiger partial charge in [-0.15, -0.1) is 0 Å². The molecule has 0 spiro atoms. The zero-order valence-electron chi connectivity index (χ0n) is 11.4. The van der Waals surface area contributed by atoms with Crippen LogP contribution in [0.25, 0.3) is 6.08 Å². The van der Waals surface area contributed by atoms with Crippen LogP contribution in [0.2, 0.25) is 0 Å². The summed E-state index contributed by atoms with van der Waals surface area (Å²) in [6.07, 6.45) is 2.55. The molecule has 0 aliphatic carbocycles. The van der Waals surface area contributed by atoms with Gasteiger partial charge in [0.2, 0.25) is 5.91 Å². The van der Waals surface area contributed by atoms with Crippen molar-refractivity contribution in [3.63, 3.8) is 0 Å². The monoisotopic (exact) mass is 299 g/mol. The Hall–Kier alpha value is -3.28. The van der Waals surface area contributed by atoms with Gasteiger partial charge >= 0.3 is 5.97 Å². The summed E-state index contributed by atoms with van der Waals surface area (Å²) in [6.45, 7) is 0. The van der Waals surface area contributed by atoms with Gasteiger partial charge in [0.1, 0.15) is 11.5 Å². The van der Waals surface area contributed by atoms with Crippen molar-refractivity contribution in [3.05, 3.63) is 59.7 Å². The van der Waals surface area contributed by atoms with Gasteiger partial charge in [0, 0.05) is 17.7 Å². The lowest BCUT2D eigenvalue weighted by atomic mass is 10.1. The molecule has 0 aromatic heterocycles. The van der Waals surface area contributed by atoms with Crippen molar-refractivity contribution in [1.29, 1.82) is 0 Å². The van der Waals surface area contributed by atoms with Crippen LogP contribution in [0.5, 0.6) is 11.5 Å². The Morgan fingerprint density at radius 1 is 1.05 bits per heavy atom. The summed E-state index contributed by atoms with van der Waals surface area (Å²) < 4.78 is 0. The zero-order valence-corrected chi connectivity index (χ0v) is 11.4. The van der Waals surface area contributed by atoms with E-state index in [-0.39, 0.29) is 22.7 Å². The quantitative estimate of drug-likeness (QED) is 0.649. The van der Waals surface area contributed by atoms with E-state index in [0.29, 0.717) is 5.56 Å². The number of phenols is 2. The van der Waals surface area contributed by atoms with Crippen LogP contribution in [-0.2, 0) is 4.79 Å². The number of hydrogen-bond acceptors (Lipinski definition) is 4. The minimum atomic E-state index is -1.22. The number of hydrogen-bond donors (Lipinski definition) is 4. The van der Waals surface area contributed by atoms with Crippen LogP contribution in [-0.4, -0.2) is 27.2 Å². The highest BCUT2D eigenvalue weighted by Crippen LogP contribution is 2.22. The van der Waals surface area contributed by atoms with Crippen LogP contribution >= 0.6 is 0 Å². The number of benzene rings is 2. The molecule has 2 aromatic carbocycles. The molecule has 0 fully saturated rings.